The van der Waals surface area contributed by atoms with Crippen LogP contribution >= 0.6 is 0 Å². The second kappa shape index (κ2) is 9.67. The standard InChI is InChI=1S/C20H27N3O2/c1-3-5-13-23(14-6-4-2)16-11-12-18(20(25)15-16)22-21-17-9-7-8-10-19(17)24/h7-12,15,24-25H,3-6,13-14H2,1-2H3. The van der Waals surface area contributed by atoms with E-state index in [-0.39, 0.29) is 11.5 Å². The molecule has 0 heterocycles. The van der Waals surface area contributed by atoms with Crippen LogP contribution in [0, 0.1) is 0 Å². The van der Waals surface area contributed by atoms with Gasteiger partial charge in [-0.3, -0.25) is 0 Å². The van der Waals surface area contributed by atoms with Crippen molar-refractivity contribution in [2.75, 3.05) is 18.0 Å². The van der Waals surface area contributed by atoms with Crippen LogP contribution in [0.25, 0.3) is 0 Å². The number of phenolic OH excluding ortho intramolecular Hbond substituents is 2. The van der Waals surface area contributed by atoms with Crippen molar-refractivity contribution in [1.29, 1.82) is 0 Å². The summed E-state index contributed by atoms with van der Waals surface area (Å²) in [7, 11) is 0. The summed E-state index contributed by atoms with van der Waals surface area (Å²) in [5.74, 6) is 0.155. The highest BCUT2D eigenvalue weighted by molar-refractivity contribution is 5.61. The average Bonchev–Trinajstić information content (AvgIpc) is 2.62. The van der Waals surface area contributed by atoms with Crippen LogP contribution in [0.2, 0.25) is 0 Å². The molecule has 134 valence electrons. The van der Waals surface area contributed by atoms with Gasteiger partial charge in [0.25, 0.3) is 0 Å². The van der Waals surface area contributed by atoms with Crippen molar-refractivity contribution in [3.05, 3.63) is 42.5 Å². The van der Waals surface area contributed by atoms with Crippen molar-refractivity contribution < 1.29 is 10.2 Å². The summed E-state index contributed by atoms with van der Waals surface area (Å²) in [6.07, 6.45) is 4.53. The summed E-state index contributed by atoms with van der Waals surface area (Å²) in [5.41, 5.74) is 1.76. The Labute approximate surface area is 149 Å². The van der Waals surface area contributed by atoms with Gasteiger partial charge in [-0.15, -0.1) is 10.2 Å². The lowest BCUT2D eigenvalue weighted by Crippen LogP contribution is -2.25. The van der Waals surface area contributed by atoms with Crippen LogP contribution in [0.3, 0.4) is 0 Å². The number of unbranched alkanes of at least 4 members (excludes halogenated alkanes) is 2. The first-order chi connectivity index (χ1) is 12.2. The molecule has 0 spiro atoms. The summed E-state index contributed by atoms with van der Waals surface area (Å²) < 4.78 is 0. The molecule has 5 nitrogen and oxygen atoms in total. The molecule has 5 heteroatoms. The van der Waals surface area contributed by atoms with E-state index in [1.54, 1.807) is 36.4 Å². The molecule has 2 aromatic carbocycles. The molecule has 2 rings (SSSR count). The number of rotatable bonds is 9. The van der Waals surface area contributed by atoms with Crippen LogP contribution in [0.5, 0.6) is 11.5 Å². The smallest absolute Gasteiger partial charge is 0.145 e. The summed E-state index contributed by atoms with van der Waals surface area (Å²) in [4.78, 5) is 2.30. The number of aromatic hydroxyl groups is 2. The maximum absolute atomic E-state index is 10.3. The average molecular weight is 341 g/mol. The maximum Gasteiger partial charge on any atom is 0.145 e. The van der Waals surface area contributed by atoms with E-state index < -0.39 is 0 Å². The van der Waals surface area contributed by atoms with Gasteiger partial charge in [0.2, 0.25) is 0 Å². The van der Waals surface area contributed by atoms with E-state index in [4.69, 9.17) is 0 Å². The zero-order valence-corrected chi connectivity index (χ0v) is 15.0. The van der Waals surface area contributed by atoms with Gasteiger partial charge in [-0.05, 0) is 37.1 Å². The predicted octanol–water partition coefficient (Wildman–Crippen LogP) is 5.92. The van der Waals surface area contributed by atoms with E-state index in [0.717, 1.165) is 44.5 Å². The molecule has 0 aliphatic carbocycles. The first-order valence-electron chi connectivity index (χ1n) is 8.93. The van der Waals surface area contributed by atoms with Gasteiger partial charge in [-0.25, -0.2) is 0 Å². The molecule has 2 N–H and O–H groups in total. The minimum Gasteiger partial charge on any atom is -0.506 e. The highest BCUT2D eigenvalue weighted by Crippen LogP contribution is 2.34. The first-order valence-corrected chi connectivity index (χ1v) is 8.93. The molecule has 0 saturated heterocycles. The summed E-state index contributed by atoms with van der Waals surface area (Å²) >= 11 is 0. The highest BCUT2D eigenvalue weighted by Gasteiger charge is 2.09. The number of anilines is 1. The third kappa shape index (κ3) is 5.48. The first kappa shape index (κ1) is 18.8. The Morgan fingerprint density at radius 1 is 0.800 bits per heavy atom. The van der Waals surface area contributed by atoms with Gasteiger partial charge in [-0.1, -0.05) is 38.8 Å². The fraction of sp³-hybridized carbons (Fsp3) is 0.400. The van der Waals surface area contributed by atoms with Crippen LogP contribution in [-0.4, -0.2) is 23.3 Å². The molecule has 0 atom stereocenters. The maximum atomic E-state index is 10.3. The van der Waals surface area contributed by atoms with Crippen LogP contribution in [-0.2, 0) is 0 Å². The van der Waals surface area contributed by atoms with E-state index in [2.05, 4.69) is 29.0 Å². The fourth-order valence-corrected chi connectivity index (χ4v) is 2.52. The number of azo groups is 1. The lowest BCUT2D eigenvalue weighted by Gasteiger charge is -2.25. The molecule has 0 unspecified atom stereocenters. The Hall–Kier alpha value is -2.56. The van der Waals surface area contributed by atoms with Gasteiger partial charge in [0.05, 0.1) is 0 Å². The molecular weight excluding hydrogens is 314 g/mol. The van der Waals surface area contributed by atoms with Crippen LogP contribution in [0.4, 0.5) is 17.1 Å². The zero-order valence-electron chi connectivity index (χ0n) is 15.0. The largest absolute Gasteiger partial charge is 0.506 e. The van der Waals surface area contributed by atoms with Gasteiger partial charge in [-0.2, -0.15) is 0 Å². The third-order valence-electron chi connectivity index (χ3n) is 4.03. The topological polar surface area (TPSA) is 68.4 Å². The van der Waals surface area contributed by atoms with Gasteiger partial charge in [0.1, 0.15) is 22.9 Å². The summed E-state index contributed by atoms with van der Waals surface area (Å²) in [6, 6.07) is 12.2. The minimum atomic E-state index is 0.0627. The monoisotopic (exact) mass is 341 g/mol. The van der Waals surface area contributed by atoms with Gasteiger partial charge in [0, 0.05) is 24.8 Å². The number of benzene rings is 2. The summed E-state index contributed by atoms with van der Waals surface area (Å²) in [5, 5.41) is 28.1. The molecule has 0 fully saturated rings. The Morgan fingerprint density at radius 3 is 1.96 bits per heavy atom. The number of hydrogen-bond donors (Lipinski definition) is 2. The molecule has 0 radical (unpaired) electrons. The normalized spacial score (nSPS) is 11.1. The number of phenols is 2. The Kier molecular flexibility index (Phi) is 7.26. The van der Waals surface area contributed by atoms with Crippen molar-refractivity contribution in [2.45, 2.75) is 39.5 Å². The Bertz CT molecular complexity index is 693. The summed E-state index contributed by atoms with van der Waals surface area (Å²) in [6.45, 7) is 6.32. The number of nitrogens with zero attached hydrogens (tertiary/aromatic N) is 3. The predicted molar refractivity (Wildman–Crippen MR) is 102 cm³/mol. The van der Waals surface area contributed by atoms with Gasteiger partial charge >= 0.3 is 0 Å². The molecule has 2 aromatic rings. The molecule has 0 saturated carbocycles. The van der Waals surface area contributed by atoms with Crippen LogP contribution in [0.15, 0.2) is 52.7 Å². The molecular formula is C20H27N3O2. The second-order valence-corrected chi connectivity index (χ2v) is 6.06. The fourth-order valence-electron chi connectivity index (χ4n) is 2.52. The van der Waals surface area contributed by atoms with E-state index in [9.17, 15) is 10.2 Å². The number of hydrogen-bond acceptors (Lipinski definition) is 5. The van der Waals surface area contributed by atoms with Gasteiger partial charge in [0.15, 0.2) is 0 Å². The van der Waals surface area contributed by atoms with E-state index in [0.29, 0.717) is 11.4 Å². The van der Waals surface area contributed by atoms with E-state index >= 15 is 0 Å². The van der Waals surface area contributed by atoms with Crippen LogP contribution < -0.4 is 4.90 Å². The molecule has 0 aliphatic rings. The lowest BCUT2D eigenvalue weighted by atomic mass is 10.2. The lowest BCUT2D eigenvalue weighted by molar-refractivity contribution is 0.473. The molecule has 0 bridgehead atoms. The minimum absolute atomic E-state index is 0.0627. The third-order valence-corrected chi connectivity index (χ3v) is 4.03. The Balaban J connectivity index is 2.16. The quantitative estimate of drug-likeness (QED) is 0.556. The SMILES string of the molecule is CCCCN(CCCC)c1ccc(N=Nc2ccccc2O)c(O)c1. The van der Waals surface area contributed by atoms with Crippen molar-refractivity contribution in [3.63, 3.8) is 0 Å². The Morgan fingerprint density at radius 2 is 1.40 bits per heavy atom. The zero-order chi connectivity index (χ0) is 18.1. The van der Waals surface area contributed by atoms with Crippen molar-refractivity contribution in [1.82, 2.24) is 0 Å². The number of para-hydroxylation sites is 1. The second-order valence-electron chi connectivity index (χ2n) is 6.06. The van der Waals surface area contributed by atoms with E-state index in [1.807, 2.05) is 6.07 Å². The van der Waals surface area contributed by atoms with Gasteiger partial charge < -0.3 is 15.1 Å². The van der Waals surface area contributed by atoms with Crippen LogP contribution in [0.1, 0.15) is 39.5 Å². The molecule has 0 aliphatic heterocycles. The molecule has 25 heavy (non-hydrogen) atoms. The van der Waals surface area contributed by atoms with Crippen molar-refractivity contribution in [3.8, 4) is 11.5 Å². The highest BCUT2D eigenvalue weighted by atomic mass is 16.3. The molecule has 0 amide bonds. The molecule has 0 aromatic heterocycles. The van der Waals surface area contributed by atoms with Crippen molar-refractivity contribution in [2.24, 2.45) is 10.2 Å². The van der Waals surface area contributed by atoms with Crippen molar-refractivity contribution >= 4 is 17.1 Å². The van der Waals surface area contributed by atoms with E-state index in [1.165, 1.54) is 0 Å².